The van der Waals surface area contributed by atoms with Crippen molar-refractivity contribution in [3.8, 4) is 11.3 Å². The van der Waals surface area contributed by atoms with E-state index >= 15 is 0 Å². The van der Waals surface area contributed by atoms with Crippen molar-refractivity contribution in [1.29, 1.82) is 0 Å². The standard InChI is InChI=1S/C10H7Cl2NO/c11-5-8-6-13-14-10(8)7-1-3-9(12)4-2-7/h1-4,6H,5H2. The van der Waals surface area contributed by atoms with Gasteiger partial charge in [-0.25, -0.2) is 0 Å². The molecule has 2 rings (SSSR count). The van der Waals surface area contributed by atoms with Crippen molar-refractivity contribution in [3.63, 3.8) is 0 Å². The molecule has 14 heavy (non-hydrogen) atoms. The molecule has 0 unspecified atom stereocenters. The van der Waals surface area contributed by atoms with Gasteiger partial charge in [-0.3, -0.25) is 0 Å². The molecule has 4 heteroatoms. The Hall–Kier alpha value is -0.990. The van der Waals surface area contributed by atoms with Crippen LogP contribution in [0.5, 0.6) is 0 Å². The number of rotatable bonds is 2. The molecule has 2 aromatic rings. The normalized spacial score (nSPS) is 10.4. The summed E-state index contributed by atoms with van der Waals surface area (Å²) in [6, 6.07) is 7.35. The molecule has 0 saturated carbocycles. The van der Waals surface area contributed by atoms with Crippen LogP contribution in [0, 0.1) is 0 Å². The van der Waals surface area contributed by atoms with Gasteiger partial charge in [-0.05, 0) is 24.3 Å². The quantitative estimate of drug-likeness (QED) is 0.732. The van der Waals surface area contributed by atoms with Crippen LogP contribution in [0.4, 0.5) is 0 Å². The number of hydrogen-bond donors (Lipinski definition) is 0. The van der Waals surface area contributed by atoms with Crippen molar-refractivity contribution in [3.05, 3.63) is 41.0 Å². The van der Waals surface area contributed by atoms with Crippen LogP contribution >= 0.6 is 23.2 Å². The monoisotopic (exact) mass is 227 g/mol. The van der Waals surface area contributed by atoms with Crippen LogP contribution < -0.4 is 0 Å². The average molecular weight is 228 g/mol. The van der Waals surface area contributed by atoms with E-state index < -0.39 is 0 Å². The molecule has 0 fully saturated rings. The van der Waals surface area contributed by atoms with Crippen LogP contribution in [0.3, 0.4) is 0 Å². The third-order valence-corrected chi connectivity index (χ3v) is 2.43. The van der Waals surface area contributed by atoms with E-state index in [9.17, 15) is 0 Å². The molecule has 0 aliphatic carbocycles. The third kappa shape index (κ3) is 1.76. The van der Waals surface area contributed by atoms with Gasteiger partial charge in [0.15, 0.2) is 5.76 Å². The topological polar surface area (TPSA) is 26.0 Å². The zero-order valence-electron chi connectivity index (χ0n) is 7.21. The van der Waals surface area contributed by atoms with Gasteiger partial charge < -0.3 is 4.52 Å². The zero-order valence-corrected chi connectivity index (χ0v) is 8.72. The zero-order chi connectivity index (χ0) is 9.97. The van der Waals surface area contributed by atoms with Crippen molar-refractivity contribution in [2.75, 3.05) is 0 Å². The SMILES string of the molecule is ClCc1cnoc1-c1ccc(Cl)cc1. The first-order chi connectivity index (χ1) is 6.81. The van der Waals surface area contributed by atoms with Crippen LogP contribution in [0.15, 0.2) is 35.0 Å². The highest BCUT2D eigenvalue weighted by atomic mass is 35.5. The predicted octanol–water partition coefficient (Wildman–Crippen LogP) is 3.73. The fourth-order valence-corrected chi connectivity index (χ4v) is 1.51. The lowest BCUT2D eigenvalue weighted by Crippen LogP contribution is -1.79. The lowest BCUT2D eigenvalue weighted by atomic mass is 10.1. The molecular weight excluding hydrogens is 221 g/mol. The van der Waals surface area contributed by atoms with E-state index in [-0.39, 0.29) is 0 Å². The van der Waals surface area contributed by atoms with Crippen molar-refractivity contribution in [2.45, 2.75) is 5.88 Å². The average Bonchev–Trinajstić information content (AvgIpc) is 2.67. The van der Waals surface area contributed by atoms with Gasteiger partial charge in [0, 0.05) is 16.1 Å². The number of halogens is 2. The lowest BCUT2D eigenvalue weighted by molar-refractivity contribution is 0.432. The van der Waals surface area contributed by atoms with Crippen LogP contribution in [0.1, 0.15) is 5.56 Å². The van der Waals surface area contributed by atoms with Crippen LogP contribution in [0.25, 0.3) is 11.3 Å². The summed E-state index contributed by atoms with van der Waals surface area (Å²) in [4.78, 5) is 0. The predicted molar refractivity (Wildman–Crippen MR) is 56.5 cm³/mol. The van der Waals surface area contributed by atoms with E-state index in [1.807, 2.05) is 12.1 Å². The number of aromatic nitrogens is 1. The Morgan fingerprint density at radius 3 is 2.57 bits per heavy atom. The first-order valence-corrected chi connectivity index (χ1v) is 4.98. The van der Waals surface area contributed by atoms with Gasteiger partial charge in [0.05, 0.1) is 12.1 Å². The van der Waals surface area contributed by atoms with E-state index in [2.05, 4.69) is 5.16 Å². The van der Waals surface area contributed by atoms with Gasteiger partial charge in [-0.15, -0.1) is 11.6 Å². The maximum absolute atomic E-state index is 5.77. The second-order valence-electron chi connectivity index (χ2n) is 2.82. The Balaban J connectivity index is 2.44. The maximum Gasteiger partial charge on any atom is 0.171 e. The van der Waals surface area contributed by atoms with Gasteiger partial charge in [-0.1, -0.05) is 16.8 Å². The largest absolute Gasteiger partial charge is 0.356 e. The highest BCUT2D eigenvalue weighted by Gasteiger charge is 2.08. The number of nitrogens with zero attached hydrogens (tertiary/aromatic N) is 1. The van der Waals surface area contributed by atoms with Crippen molar-refractivity contribution in [2.24, 2.45) is 0 Å². The van der Waals surface area contributed by atoms with Crippen molar-refractivity contribution in [1.82, 2.24) is 5.16 Å². The molecule has 1 heterocycles. The molecule has 1 aromatic heterocycles. The Morgan fingerprint density at radius 1 is 1.21 bits per heavy atom. The molecule has 72 valence electrons. The summed E-state index contributed by atoms with van der Waals surface area (Å²) in [6.07, 6.45) is 1.62. The van der Waals surface area contributed by atoms with E-state index in [1.165, 1.54) is 0 Å². The summed E-state index contributed by atoms with van der Waals surface area (Å²) < 4.78 is 5.10. The first kappa shape index (κ1) is 9.56. The van der Waals surface area contributed by atoms with E-state index in [0.717, 1.165) is 11.1 Å². The van der Waals surface area contributed by atoms with Crippen LogP contribution in [-0.2, 0) is 5.88 Å². The smallest absolute Gasteiger partial charge is 0.171 e. The fourth-order valence-electron chi connectivity index (χ4n) is 1.19. The molecule has 0 amide bonds. The van der Waals surface area contributed by atoms with Crippen LogP contribution in [-0.4, -0.2) is 5.16 Å². The van der Waals surface area contributed by atoms with Crippen molar-refractivity contribution >= 4 is 23.2 Å². The number of alkyl halides is 1. The van der Waals surface area contributed by atoms with E-state index in [0.29, 0.717) is 16.7 Å². The molecule has 0 N–H and O–H groups in total. The molecule has 0 spiro atoms. The molecule has 0 aliphatic rings. The fraction of sp³-hybridized carbons (Fsp3) is 0.100. The summed E-state index contributed by atoms with van der Waals surface area (Å²) >= 11 is 11.5. The molecule has 0 aliphatic heterocycles. The summed E-state index contributed by atoms with van der Waals surface area (Å²) in [7, 11) is 0. The molecule has 0 atom stereocenters. The van der Waals surface area contributed by atoms with Gasteiger partial charge >= 0.3 is 0 Å². The Bertz CT molecular complexity index is 422. The Kier molecular flexibility index (Phi) is 2.75. The van der Waals surface area contributed by atoms with E-state index in [4.69, 9.17) is 27.7 Å². The summed E-state index contributed by atoms with van der Waals surface area (Å²) in [5.41, 5.74) is 1.82. The second kappa shape index (κ2) is 4.03. The minimum absolute atomic E-state index is 0.390. The van der Waals surface area contributed by atoms with Crippen LogP contribution in [0.2, 0.25) is 5.02 Å². The second-order valence-corrected chi connectivity index (χ2v) is 3.52. The Morgan fingerprint density at radius 2 is 1.93 bits per heavy atom. The van der Waals surface area contributed by atoms with Crippen molar-refractivity contribution < 1.29 is 4.52 Å². The number of benzene rings is 1. The minimum atomic E-state index is 0.390. The van der Waals surface area contributed by atoms with Gasteiger partial charge in [0.25, 0.3) is 0 Å². The lowest BCUT2D eigenvalue weighted by Gasteiger charge is -1.97. The summed E-state index contributed by atoms with van der Waals surface area (Å²) in [5, 5.41) is 4.39. The highest BCUT2D eigenvalue weighted by Crippen LogP contribution is 2.25. The maximum atomic E-state index is 5.77. The first-order valence-electron chi connectivity index (χ1n) is 4.06. The minimum Gasteiger partial charge on any atom is -0.356 e. The number of hydrogen-bond acceptors (Lipinski definition) is 2. The summed E-state index contributed by atoms with van der Waals surface area (Å²) in [5.74, 6) is 1.10. The van der Waals surface area contributed by atoms with Gasteiger partial charge in [-0.2, -0.15) is 0 Å². The summed E-state index contributed by atoms with van der Waals surface area (Å²) in [6.45, 7) is 0. The third-order valence-electron chi connectivity index (χ3n) is 1.89. The molecule has 0 radical (unpaired) electrons. The highest BCUT2D eigenvalue weighted by molar-refractivity contribution is 6.30. The molecule has 1 aromatic carbocycles. The van der Waals surface area contributed by atoms with Gasteiger partial charge in [0.1, 0.15) is 0 Å². The Labute approximate surface area is 91.4 Å². The van der Waals surface area contributed by atoms with Gasteiger partial charge in [0.2, 0.25) is 0 Å². The molecule has 0 saturated heterocycles. The molecule has 2 nitrogen and oxygen atoms in total. The molecule has 0 bridgehead atoms. The van der Waals surface area contributed by atoms with E-state index in [1.54, 1.807) is 18.3 Å². The molecular formula is C10H7Cl2NO.